The van der Waals surface area contributed by atoms with Gasteiger partial charge in [-0.1, -0.05) is 0 Å². The summed E-state index contributed by atoms with van der Waals surface area (Å²) in [6.45, 7) is 0. The van der Waals surface area contributed by atoms with Crippen molar-refractivity contribution in [3.63, 3.8) is 0 Å². The average Bonchev–Trinajstić information content (AvgIpc) is 0. The van der Waals surface area contributed by atoms with Gasteiger partial charge < -0.3 is 0 Å². The molecule has 4 heavy (non-hydrogen) atoms. The molecular formula is H3LiNbSTi. The molecule has 0 aromatic carbocycles. The summed E-state index contributed by atoms with van der Waals surface area (Å²) in [5.41, 5.74) is 0. The van der Waals surface area contributed by atoms with Crippen LogP contribution in [-0.2, 0) is 44.1 Å². The van der Waals surface area contributed by atoms with Gasteiger partial charge >= 0.3 is 18.9 Å². The topological polar surface area (TPSA) is 0 Å². The first-order valence-corrected chi connectivity index (χ1v) is 0. The molecule has 0 saturated carbocycles. The van der Waals surface area contributed by atoms with E-state index >= 15 is 0 Å². The predicted molar refractivity (Wildman–Crippen MR) is 17.5 cm³/mol. The standard InChI is InChI=1S/Li.Nb.H2S.Ti.H/h;;1H2;;. The Hall–Kier alpha value is 2.40. The summed E-state index contributed by atoms with van der Waals surface area (Å²) in [4.78, 5) is 0. The molecule has 1 radical (unpaired) electrons. The van der Waals surface area contributed by atoms with Crippen molar-refractivity contribution in [2.45, 2.75) is 0 Å². The third-order valence-corrected chi connectivity index (χ3v) is 0. The van der Waals surface area contributed by atoms with Crippen LogP contribution in [0.2, 0.25) is 0 Å². The molecule has 0 spiro atoms. The van der Waals surface area contributed by atoms with E-state index in [9.17, 15) is 0 Å². The van der Waals surface area contributed by atoms with Gasteiger partial charge in [-0.2, -0.15) is 13.5 Å². The Bertz CT molecular complexity index is 8.00. The summed E-state index contributed by atoms with van der Waals surface area (Å²) in [5, 5.41) is 0. The van der Waals surface area contributed by atoms with Crippen molar-refractivity contribution in [2.24, 2.45) is 0 Å². The van der Waals surface area contributed by atoms with E-state index in [4.69, 9.17) is 0 Å². The molecule has 0 bridgehead atoms. The van der Waals surface area contributed by atoms with E-state index < -0.39 is 0 Å². The van der Waals surface area contributed by atoms with Crippen molar-refractivity contribution < 1.29 is 44.1 Å². The van der Waals surface area contributed by atoms with E-state index in [0.717, 1.165) is 0 Å². The fourth-order valence-electron chi connectivity index (χ4n) is 0. The molecule has 0 heterocycles. The zero-order chi connectivity index (χ0) is 0. The summed E-state index contributed by atoms with van der Waals surface area (Å²) >= 11 is 0. The molecule has 0 aromatic heterocycles. The van der Waals surface area contributed by atoms with Crippen molar-refractivity contribution in [1.29, 1.82) is 0 Å². The van der Waals surface area contributed by atoms with Crippen LogP contribution in [0.25, 0.3) is 0 Å². The fourth-order valence-corrected chi connectivity index (χ4v) is 0. The van der Waals surface area contributed by atoms with E-state index in [-0.39, 0.29) is 76.5 Å². The molecule has 19 valence electrons. The van der Waals surface area contributed by atoms with E-state index in [1.165, 1.54) is 0 Å². The maximum Gasteiger partial charge on any atom is 0 e. The minimum absolute atomic E-state index is 0. The maximum atomic E-state index is 0. The SMILES string of the molecule is S.[LiH].[Nb].[Ti]. The first-order valence-electron chi connectivity index (χ1n) is 0. The Morgan fingerprint density at radius 3 is 1.00 bits per heavy atom. The first-order chi connectivity index (χ1) is 0. The molecule has 0 fully saturated rings. The van der Waals surface area contributed by atoms with Gasteiger partial charge in [-0.25, -0.2) is 0 Å². The summed E-state index contributed by atoms with van der Waals surface area (Å²) in [7, 11) is 0. The van der Waals surface area contributed by atoms with E-state index in [1.807, 2.05) is 0 Å². The third-order valence-electron chi connectivity index (χ3n) is 0. The van der Waals surface area contributed by atoms with Gasteiger partial charge in [0.25, 0.3) is 0 Å². The normalized spacial score (nSPS) is 0. The average molecular weight is 183 g/mol. The molecule has 0 aliphatic rings. The number of rotatable bonds is 0. The minimum atomic E-state index is 0. The molecule has 0 nitrogen and oxygen atoms in total. The Morgan fingerprint density at radius 2 is 1.00 bits per heavy atom. The van der Waals surface area contributed by atoms with Crippen LogP contribution in [0.5, 0.6) is 0 Å². The third kappa shape index (κ3) is 8.83. The van der Waals surface area contributed by atoms with Crippen LogP contribution in [0, 0.1) is 0 Å². The summed E-state index contributed by atoms with van der Waals surface area (Å²) in [5.74, 6) is 0. The molecule has 0 amide bonds. The van der Waals surface area contributed by atoms with Gasteiger partial charge in [0.15, 0.2) is 0 Å². The fraction of sp³-hybridized carbons (Fsp3) is 0. The second-order valence-corrected chi connectivity index (χ2v) is 0. The van der Waals surface area contributed by atoms with Crippen LogP contribution >= 0.6 is 13.5 Å². The predicted octanol–water partition coefficient (Wildman–Crippen LogP) is -0.541. The van der Waals surface area contributed by atoms with Gasteiger partial charge in [-0.3, -0.25) is 0 Å². The van der Waals surface area contributed by atoms with Crippen LogP contribution in [0.1, 0.15) is 0 Å². The second-order valence-electron chi connectivity index (χ2n) is 0. The molecule has 0 atom stereocenters. The van der Waals surface area contributed by atoms with Gasteiger partial charge in [-0.05, 0) is 0 Å². The van der Waals surface area contributed by atoms with Crippen molar-refractivity contribution in [3.8, 4) is 0 Å². The maximum absolute atomic E-state index is 0. The largest absolute Gasteiger partial charge is 0 e. The van der Waals surface area contributed by atoms with Crippen molar-refractivity contribution in [1.82, 2.24) is 0 Å². The Morgan fingerprint density at radius 1 is 1.00 bits per heavy atom. The molecule has 0 N–H and O–H groups in total. The second kappa shape index (κ2) is 18.1. The molecule has 0 aliphatic heterocycles. The molecular weight excluding hydrogens is 180 g/mol. The van der Waals surface area contributed by atoms with Crippen LogP contribution in [0.4, 0.5) is 0 Å². The van der Waals surface area contributed by atoms with Crippen molar-refractivity contribution >= 4 is 32.4 Å². The molecule has 0 saturated heterocycles. The van der Waals surface area contributed by atoms with Gasteiger partial charge in [-0.15, -0.1) is 0 Å². The Labute approximate surface area is 75.5 Å². The van der Waals surface area contributed by atoms with Crippen LogP contribution < -0.4 is 0 Å². The van der Waals surface area contributed by atoms with Gasteiger partial charge in [0.1, 0.15) is 0 Å². The molecule has 4 heteroatoms. The first kappa shape index (κ1) is 32.4. The molecule has 0 unspecified atom stereocenters. The summed E-state index contributed by atoms with van der Waals surface area (Å²) in [6.07, 6.45) is 0. The van der Waals surface area contributed by atoms with E-state index in [2.05, 4.69) is 0 Å². The Balaban J connectivity index is 0. The van der Waals surface area contributed by atoms with Gasteiger partial charge in [0.05, 0.1) is 0 Å². The Kier molecular flexibility index (Phi) is 147. The van der Waals surface area contributed by atoms with E-state index in [0.29, 0.717) is 0 Å². The van der Waals surface area contributed by atoms with Gasteiger partial charge in [0.2, 0.25) is 0 Å². The zero-order valence-corrected chi connectivity index (χ0v) is 6.21. The van der Waals surface area contributed by atoms with Crippen molar-refractivity contribution in [3.05, 3.63) is 0 Å². The van der Waals surface area contributed by atoms with Crippen LogP contribution in [0.3, 0.4) is 0 Å². The smallest absolute Gasteiger partial charge is 0 e. The zero-order valence-electron chi connectivity index (χ0n) is 1.45. The molecule has 0 aliphatic carbocycles. The van der Waals surface area contributed by atoms with Gasteiger partial charge in [0, 0.05) is 44.1 Å². The molecule has 0 rings (SSSR count). The van der Waals surface area contributed by atoms with Crippen LogP contribution in [0.15, 0.2) is 0 Å². The number of hydrogen-bond donors (Lipinski definition) is 0. The monoisotopic (exact) mass is 183 g/mol. The quantitative estimate of drug-likeness (QED) is 0.442. The number of hydrogen-bond acceptors (Lipinski definition) is 0. The minimum Gasteiger partial charge on any atom is 0 e. The van der Waals surface area contributed by atoms with Crippen molar-refractivity contribution in [2.75, 3.05) is 0 Å². The molecule has 0 aromatic rings. The summed E-state index contributed by atoms with van der Waals surface area (Å²) < 4.78 is 0. The van der Waals surface area contributed by atoms with Crippen LogP contribution in [-0.4, -0.2) is 18.9 Å². The van der Waals surface area contributed by atoms with E-state index in [1.54, 1.807) is 0 Å². The summed E-state index contributed by atoms with van der Waals surface area (Å²) in [6, 6.07) is 0.